The van der Waals surface area contributed by atoms with Crippen LogP contribution in [0.2, 0.25) is 0 Å². The van der Waals surface area contributed by atoms with Gasteiger partial charge in [0.2, 0.25) is 0 Å². The summed E-state index contributed by atoms with van der Waals surface area (Å²) >= 11 is 0. The van der Waals surface area contributed by atoms with Crippen molar-refractivity contribution in [3.8, 4) is 0 Å². The van der Waals surface area contributed by atoms with Crippen LogP contribution >= 0.6 is 0 Å². The van der Waals surface area contributed by atoms with Crippen LogP contribution in [-0.2, 0) is 11.2 Å². The van der Waals surface area contributed by atoms with E-state index >= 15 is 0 Å². The molecule has 0 saturated carbocycles. The second-order valence-corrected chi connectivity index (χ2v) is 5.54. The number of hydrogen-bond acceptors (Lipinski definition) is 2. The lowest BCUT2D eigenvalue weighted by Gasteiger charge is -2.15. The van der Waals surface area contributed by atoms with Crippen molar-refractivity contribution in [1.29, 1.82) is 0 Å². The van der Waals surface area contributed by atoms with E-state index in [-0.39, 0.29) is 12.0 Å². The van der Waals surface area contributed by atoms with Crippen LogP contribution in [0.3, 0.4) is 0 Å². The van der Waals surface area contributed by atoms with Crippen molar-refractivity contribution in [2.45, 2.75) is 26.3 Å². The van der Waals surface area contributed by atoms with Crippen LogP contribution in [-0.4, -0.2) is 23.0 Å². The van der Waals surface area contributed by atoms with E-state index in [2.05, 4.69) is 5.32 Å². The molecule has 0 aliphatic carbocycles. The molecule has 1 amide bonds. The summed E-state index contributed by atoms with van der Waals surface area (Å²) in [7, 11) is 0. The van der Waals surface area contributed by atoms with E-state index in [9.17, 15) is 19.1 Å². The van der Waals surface area contributed by atoms with Crippen LogP contribution in [0.15, 0.2) is 42.5 Å². The first-order valence-electron chi connectivity index (χ1n) is 7.22. The third-order valence-electron chi connectivity index (χ3n) is 3.47. The highest BCUT2D eigenvalue weighted by Crippen LogP contribution is 2.12. The molecule has 5 heteroatoms. The highest BCUT2D eigenvalue weighted by Gasteiger charge is 2.22. The fourth-order valence-corrected chi connectivity index (χ4v) is 2.43. The Morgan fingerprint density at radius 3 is 2.30 bits per heavy atom. The van der Waals surface area contributed by atoms with Gasteiger partial charge in [0, 0.05) is 12.0 Å². The Kier molecular flexibility index (Phi) is 5.11. The molecule has 120 valence electrons. The second kappa shape index (κ2) is 7.05. The fraction of sp³-hybridized carbons (Fsp3) is 0.222. The molecule has 4 nitrogen and oxygen atoms in total. The lowest BCUT2D eigenvalue weighted by atomic mass is 10.0. The Morgan fingerprint density at radius 1 is 1.13 bits per heavy atom. The normalized spacial score (nSPS) is 11.8. The summed E-state index contributed by atoms with van der Waals surface area (Å²) in [6, 6.07) is 10.0. The molecule has 1 atom stereocenters. The van der Waals surface area contributed by atoms with Crippen LogP contribution in [0.5, 0.6) is 0 Å². The third-order valence-corrected chi connectivity index (χ3v) is 3.47. The zero-order chi connectivity index (χ0) is 17.0. The van der Waals surface area contributed by atoms with Gasteiger partial charge in [0.05, 0.1) is 0 Å². The largest absolute Gasteiger partial charge is 0.480 e. The number of benzene rings is 2. The van der Waals surface area contributed by atoms with E-state index < -0.39 is 23.7 Å². The van der Waals surface area contributed by atoms with Gasteiger partial charge in [0.25, 0.3) is 5.91 Å². The van der Waals surface area contributed by atoms with E-state index in [1.807, 2.05) is 19.9 Å². The quantitative estimate of drug-likeness (QED) is 0.891. The minimum atomic E-state index is -1.20. The van der Waals surface area contributed by atoms with Gasteiger partial charge in [0.15, 0.2) is 0 Å². The Morgan fingerprint density at radius 2 is 1.74 bits per heavy atom. The zero-order valence-electron chi connectivity index (χ0n) is 13.0. The third kappa shape index (κ3) is 4.39. The van der Waals surface area contributed by atoms with Crippen LogP contribution in [0, 0.1) is 19.7 Å². The number of rotatable bonds is 5. The minimum Gasteiger partial charge on any atom is -0.480 e. The molecular weight excluding hydrogens is 297 g/mol. The Hall–Kier alpha value is -2.69. The van der Waals surface area contributed by atoms with E-state index in [1.165, 1.54) is 18.2 Å². The number of carboxylic acids is 1. The molecule has 0 aliphatic rings. The first kappa shape index (κ1) is 16.7. The monoisotopic (exact) mass is 315 g/mol. The van der Waals surface area contributed by atoms with Crippen molar-refractivity contribution < 1.29 is 19.1 Å². The number of aliphatic carboxylic acids is 1. The highest BCUT2D eigenvalue weighted by molar-refractivity contribution is 5.97. The number of aryl methyl sites for hydroxylation is 2. The summed E-state index contributed by atoms with van der Waals surface area (Å²) < 4.78 is 13.7. The van der Waals surface area contributed by atoms with E-state index in [4.69, 9.17) is 0 Å². The Balaban J connectivity index is 2.18. The molecule has 0 aromatic heterocycles. The van der Waals surface area contributed by atoms with Gasteiger partial charge in [-0.3, -0.25) is 4.79 Å². The summed E-state index contributed by atoms with van der Waals surface area (Å²) in [5, 5.41) is 11.8. The van der Waals surface area contributed by atoms with Crippen LogP contribution in [0.1, 0.15) is 27.0 Å². The molecule has 2 aromatic carbocycles. The maximum atomic E-state index is 13.7. The van der Waals surface area contributed by atoms with Gasteiger partial charge >= 0.3 is 5.97 Å². The summed E-state index contributed by atoms with van der Waals surface area (Å²) in [5.74, 6) is -2.18. The Labute approximate surface area is 134 Å². The van der Waals surface area contributed by atoms with Crippen LogP contribution < -0.4 is 5.32 Å². The number of hydrogen-bond donors (Lipinski definition) is 2. The van der Waals surface area contributed by atoms with Crippen molar-refractivity contribution in [2.24, 2.45) is 0 Å². The first-order chi connectivity index (χ1) is 10.9. The summed E-state index contributed by atoms with van der Waals surface area (Å²) in [6.45, 7) is 3.72. The highest BCUT2D eigenvalue weighted by atomic mass is 19.1. The van der Waals surface area contributed by atoms with Gasteiger partial charge in [-0.15, -0.1) is 0 Å². The molecule has 0 spiro atoms. The smallest absolute Gasteiger partial charge is 0.326 e. The maximum absolute atomic E-state index is 13.7. The molecule has 0 bridgehead atoms. The first-order valence-corrected chi connectivity index (χ1v) is 7.22. The number of halogens is 1. The molecule has 0 aliphatic heterocycles. The molecule has 0 fully saturated rings. The summed E-state index contributed by atoms with van der Waals surface area (Å²) in [4.78, 5) is 23.6. The number of nitrogens with one attached hydrogen (secondary N) is 1. The second-order valence-electron chi connectivity index (χ2n) is 5.54. The number of amides is 1. The van der Waals surface area contributed by atoms with Gasteiger partial charge in [-0.05, 0) is 37.6 Å². The molecule has 0 radical (unpaired) electrons. The van der Waals surface area contributed by atoms with Gasteiger partial charge in [-0.1, -0.05) is 35.4 Å². The molecule has 2 rings (SSSR count). The summed E-state index contributed by atoms with van der Waals surface area (Å²) in [5.41, 5.74) is 2.47. The van der Waals surface area contributed by atoms with Gasteiger partial charge in [-0.25, -0.2) is 9.18 Å². The molecule has 23 heavy (non-hydrogen) atoms. The molecular formula is C18H18FNO3. The lowest BCUT2D eigenvalue weighted by Crippen LogP contribution is -2.42. The van der Waals surface area contributed by atoms with Crippen LogP contribution in [0.25, 0.3) is 0 Å². The number of carbonyl (C=O) groups is 2. The van der Waals surface area contributed by atoms with E-state index in [1.54, 1.807) is 18.2 Å². The van der Waals surface area contributed by atoms with E-state index in [0.717, 1.165) is 11.1 Å². The average molecular weight is 315 g/mol. The maximum Gasteiger partial charge on any atom is 0.326 e. The van der Waals surface area contributed by atoms with Crippen molar-refractivity contribution in [2.75, 3.05) is 0 Å². The standard InChI is InChI=1S/C18H18FNO3/c1-11-7-12(2)9-14(8-11)17(21)20-16(18(22)23)10-13-5-3-4-6-15(13)19/h3-9,16H,10H2,1-2H3,(H,20,21)(H,22,23)/t16-/m1/s1. The van der Waals surface area contributed by atoms with Crippen molar-refractivity contribution in [1.82, 2.24) is 5.32 Å². The SMILES string of the molecule is Cc1cc(C)cc(C(=O)N[C@H](Cc2ccccc2F)C(=O)O)c1. The van der Waals surface area contributed by atoms with E-state index in [0.29, 0.717) is 5.56 Å². The van der Waals surface area contributed by atoms with Crippen molar-refractivity contribution in [3.63, 3.8) is 0 Å². The average Bonchev–Trinajstić information content (AvgIpc) is 2.47. The van der Waals surface area contributed by atoms with Gasteiger partial charge < -0.3 is 10.4 Å². The molecule has 0 saturated heterocycles. The number of carbonyl (C=O) groups excluding carboxylic acids is 1. The Bertz CT molecular complexity index is 723. The minimum absolute atomic E-state index is 0.113. The molecule has 0 heterocycles. The molecule has 2 N–H and O–H groups in total. The predicted molar refractivity (Wildman–Crippen MR) is 84.9 cm³/mol. The lowest BCUT2D eigenvalue weighted by molar-refractivity contribution is -0.139. The summed E-state index contributed by atoms with van der Waals surface area (Å²) in [6.07, 6.45) is -0.113. The molecule has 0 unspecified atom stereocenters. The number of carboxylic acid groups (broad SMARTS) is 1. The zero-order valence-corrected chi connectivity index (χ0v) is 13.0. The molecule has 2 aromatic rings. The topological polar surface area (TPSA) is 66.4 Å². The predicted octanol–water partition coefficient (Wildman–Crippen LogP) is 2.87. The van der Waals surface area contributed by atoms with Crippen LogP contribution in [0.4, 0.5) is 4.39 Å². The van der Waals surface area contributed by atoms with Gasteiger partial charge in [-0.2, -0.15) is 0 Å². The van der Waals surface area contributed by atoms with Crippen molar-refractivity contribution >= 4 is 11.9 Å². The van der Waals surface area contributed by atoms with Gasteiger partial charge in [0.1, 0.15) is 11.9 Å². The fourth-order valence-electron chi connectivity index (χ4n) is 2.43. The van der Waals surface area contributed by atoms with Crippen molar-refractivity contribution in [3.05, 3.63) is 70.5 Å².